The lowest BCUT2D eigenvalue weighted by molar-refractivity contribution is 0.370. The van der Waals surface area contributed by atoms with Gasteiger partial charge in [-0.2, -0.15) is 0 Å². The smallest absolute Gasteiger partial charge is 0.00179 e. The first-order valence-electron chi connectivity index (χ1n) is 7.50. The highest BCUT2D eigenvalue weighted by Crippen LogP contribution is 2.26. The van der Waals surface area contributed by atoms with Gasteiger partial charge in [0.15, 0.2) is 0 Å². The summed E-state index contributed by atoms with van der Waals surface area (Å²) in [7, 11) is 2.05. The van der Waals surface area contributed by atoms with Crippen LogP contribution >= 0.6 is 0 Å². The lowest BCUT2D eigenvalue weighted by Gasteiger charge is -2.24. The van der Waals surface area contributed by atoms with Crippen LogP contribution in [0.1, 0.15) is 51.3 Å². The second kappa shape index (κ2) is 6.56. The summed E-state index contributed by atoms with van der Waals surface area (Å²) in [6.45, 7) is 14.8. The monoisotopic (exact) mass is 261 g/mol. The third-order valence-electron chi connectivity index (χ3n) is 4.10. The fraction of sp³-hybridized carbons (Fsp3) is 0.667. The lowest BCUT2D eigenvalue weighted by Crippen LogP contribution is -2.25. The molecule has 1 rings (SSSR count). The van der Waals surface area contributed by atoms with Crippen LogP contribution in [0, 0.1) is 18.8 Å². The molecular weight excluding hydrogens is 230 g/mol. The van der Waals surface area contributed by atoms with Gasteiger partial charge in [0.25, 0.3) is 0 Å². The van der Waals surface area contributed by atoms with Crippen LogP contribution in [-0.2, 0) is 11.8 Å². The minimum atomic E-state index is 0.242. The SMILES string of the molecule is CNCC(Cc1ccc(C(C)(C)C)cc1C)C(C)C. The van der Waals surface area contributed by atoms with Crippen LogP contribution in [0.2, 0.25) is 0 Å². The Labute approximate surface area is 119 Å². The van der Waals surface area contributed by atoms with Gasteiger partial charge in [-0.3, -0.25) is 0 Å². The minimum Gasteiger partial charge on any atom is -0.319 e. The van der Waals surface area contributed by atoms with Crippen molar-refractivity contribution in [1.82, 2.24) is 5.32 Å². The molecule has 0 radical (unpaired) electrons. The zero-order valence-corrected chi connectivity index (χ0v) is 13.8. The first kappa shape index (κ1) is 16.2. The van der Waals surface area contributed by atoms with Crippen molar-refractivity contribution in [3.63, 3.8) is 0 Å². The van der Waals surface area contributed by atoms with Gasteiger partial charge in [-0.25, -0.2) is 0 Å². The molecular formula is C18H31N. The van der Waals surface area contributed by atoms with Gasteiger partial charge in [0.1, 0.15) is 0 Å². The van der Waals surface area contributed by atoms with Crippen molar-refractivity contribution in [3.8, 4) is 0 Å². The quantitative estimate of drug-likeness (QED) is 0.832. The Morgan fingerprint density at radius 3 is 2.21 bits per heavy atom. The van der Waals surface area contributed by atoms with E-state index in [1.165, 1.54) is 23.1 Å². The van der Waals surface area contributed by atoms with Crippen LogP contribution in [0.3, 0.4) is 0 Å². The highest BCUT2D eigenvalue weighted by atomic mass is 14.8. The summed E-state index contributed by atoms with van der Waals surface area (Å²) < 4.78 is 0. The molecule has 1 heteroatoms. The number of nitrogens with one attached hydrogen (secondary N) is 1. The van der Waals surface area contributed by atoms with Crippen molar-refractivity contribution in [3.05, 3.63) is 34.9 Å². The van der Waals surface area contributed by atoms with Crippen LogP contribution in [0.5, 0.6) is 0 Å². The minimum absolute atomic E-state index is 0.242. The molecule has 108 valence electrons. The summed E-state index contributed by atoms with van der Waals surface area (Å²) in [6, 6.07) is 7.01. The van der Waals surface area contributed by atoms with E-state index in [1.54, 1.807) is 0 Å². The van der Waals surface area contributed by atoms with E-state index in [4.69, 9.17) is 0 Å². The molecule has 0 saturated carbocycles. The van der Waals surface area contributed by atoms with Gasteiger partial charge in [-0.05, 0) is 60.9 Å². The van der Waals surface area contributed by atoms with Gasteiger partial charge in [-0.1, -0.05) is 52.8 Å². The van der Waals surface area contributed by atoms with E-state index in [-0.39, 0.29) is 5.41 Å². The number of benzene rings is 1. The highest BCUT2D eigenvalue weighted by Gasteiger charge is 2.17. The van der Waals surface area contributed by atoms with E-state index in [1.807, 2.05) is 7.05 Å². The van der Waals surface area contributed by atoms with Crippen molar-refractivity contribution in [1.29, 1.82) is 0 Å². The van der Waals surface area contributed by atoms with E-state index in [0.717, 1.165) is 6.54 Å². The average molecular weight is 261 g/mol. The molecule has 0 aliphatic rings. The zero-order chi connectivity index (χ0) is 14.6. The molecule has 1 unspecified atom stereocenters. The Kier molecular flexibility index (Phi) is 5.61. The maximum Gasteiger partial charge on any atom is -0.00179 e. The fourth-order valence-corrected chi connectivity index (χ4v) is 2.48. The Morgan fingerprint density at radius 1 is 1.16 bits per heavy atom. The molecule has 1 N–H and O–H groups in total. The highest BCUT2D eigenvalue weighted by molar-refractivity contribution is 5.34. The molecule has 1 nitrogen and oxygen atoms in total. The Morgan fingerprint density at radius 2 is 1.79 bits per heavy atom. The van der Waals surface area contributed by atoms with Crippen molar-refractivity contribution in [2.75, 3.05) is 13.6 Å². The van der Waals surface area contributed by atoms with E-state index in [0.29, 0.717) is 11.8 Å². The molecule has 0 spiro atoms. The predicted molar refractivity (Wildman–Crippen MR) is 85.8 cm³/mol. The van der Waals surface area contributed by atoms with Gasteiger partial charge in [0, 0.05) is 0 Å². The second-order valence-corrected chi connectivity index (χ2v) is 7.16. The fourth-order valence-electron chi connectivity index (χ4n) is 2.48. The topological polar surface area (TPSA) is 12.0 Å². The number of aryl methyl sites for hydroxylation is 1. The summed E-state index contributed by atoms with van der Waals surface area (Å²) in [4.78, 5) is 0. The Hall–Kier alpha value is -0.820. The molecule has 1 atom stereocenters. The summed E-state index contributed by atoms with van der Waals surface area (Å²) in [5.41, 5.74) is 4.62. The molecule has 0 bridgehead atoms. The maximum absolute atomic E-state index is 3.32. The molecule has 19 heavy (non-hydrogen) atoms. The van der Waals surface area contributed by atoms with Crippen LogP contribution in [0.25, 0.3) is 0 Å². The molecule has 1 aromatic rings. The van der Waals surface area contributed by atoms with Crippen LogP contribution in [0.15, 0.2) is 18.2 Å². The third-order valence-corrected chi connectivity index (χ3v) is 4.10. The molecule has 0 aliphatic heterocycles. The van der Waals surface area contributed by atoms with Crippen molar-refractivity contribution in [2.45, 2.75) is 53.4 Å². The van der Waals surface area contributed by atoms with Crippen molar-refractivity contribution >= 4 is 0 Å². The second-order valence-electron chi connectivity index (χ2n) is 7.16. The number of hydrogen-bond acceptors (Lipinski definition) is 1. The molecule has 0 heterocycles. The van der Waals surface area contributed by atoms with Crippen LogP contribution in [-0.4, -0.2) is 13.6 Å². The first-order valence-corrected chi connectivity index (χ1v) is 7.50. The van der Waals surface area contributed by atoms with Gasteiger partial charge in [0.05, 0.1) is 0 Å². The lowest BCUT2D eigenvalue weighted by atomic mass is 9.83. The molecule has 0 aliphatic carbocycles. The van der Waals surface area contributed by atoms with Gasteiger partial charge in [0.2, 0.25) is 0 Å². The summed E-state index contributed by atoms with van der Waals surface area (Å²) in [6.07, 6.45) is 1.18. The average Bonchev–Trinajstić information content (AvgIpc) is 2.29. The summed E-state index contributed by atoms with van der Waals surface area (Å²) in [5.74, 6) is 1.43. The van der Waals surface area contributed by atoms with Gasteiger partial charge >= 0.3 is 0 Å². The standard InChI is InChI=1S/C18H31N/c1-13(2)16(12-19-7)11-15-8-9-17(10-14(15)3)18(4,5)6/h8-10,13,16,19H,11-12H2,1-7H3. The molecule has 1 aromatic carbocycles. The van der Waals surface area contributed by atoms with E-state index < -0.39 is 0 Å². The Balaban J connectivity index is 2.90. The van der Waals surface area contributed by atoms with Gasteiger partial charge in [-0.15, -0.1) is 0 Å². The third kappa shape index (κ3) is 4.65. The van der Waals surface area contributed by atoms with Gasteiger partial charge < -0.3 is 5.32 Å². The maximum atomic E-state index is 3.32. The predicted octanol–water partition coefficient (Wildman–Crippen LogP) is 4.33. The molecule has 0 saturated heterocycles. The Bertz CT molecular complexity index is 399. The number of rotatable bonds is 5. The number of hydrogen-bond donors (Lipinski definition) is 1. The molecule has 0 fully saturated rings. The van der Waals surface area contributed by atoms with E-state index in [9.17, 15) is 0 Å². The van der Waals surface area contributed by atoms with Crippen LogP contribution in [0.4, 0.5) is 0 Å². The largest absolute Gasteiger partial charge is 0.319 e. The molecule has 0 aromatic heterocycles. The van der Waals surface area contributed by atoms with Crippen LogP contribution < -0.4 is 5.32 Å². The normalized spacial score (nSPS) is 13.9. The molecule has 0 amide bonds. The summed E-state index contributed by atoms with van der Waals surface area (Å²) in [5, 5.41) is 3.32. The van der Waals surface area contributed by atoms with E-state index in [2.05, 4.69) is 65.1 Å². The first-order chi connectivity index (χ1) is 8.75. The van der Waals surface area contributed by atoms with E-state index >= 15 is 0 Å². The van der Waals surface area contributed by atoms with Crippen molar-refractivity contribution in [2.24, 2.45) is 11.8 Å². The van der Waals surface area contributed by atoms with Crippen molar-refractivity contribution < 1.29 is 0 Å². The summed E-state index contributed by atoms with van der Waals surface area (Å²) >= 11 is 0. The zero-order valence-electron chi connectivity index (χ0n) is 13.8.